The molecule has 3 aliphatic heterocycles. The average molecular weight is 706 g/mol. The molecule has 3 fully saturated rings. The number of nitrogens with zero attached hydrogens (tertiary/aromatic N) is 10. The normalized spacial score (nSPS) is 36.4. The van der Waals surface area contributed by atoms with Gasteiger partial charge in [-0.1, -0.05) is 0 Å². The fourth-order valence-corrected chi connectivity index (χ4v) is 8.13. The van der Waals surface area contributed by atoms with Crippen LogP contribution >= 0.6 is 15.6 Å². The summed E-state index contributed by atoms with van der Waals surface area (Å²) in [6.07, 6.45) is 0.163. The van der Waals surface area contributed by atoms with Crippen LogP contribution < -0.4 is 0 Å². The Morgan fingerprint density at radius 1 is 0.625 bits per heavy atom. The van der Waals surface area contributed by atoms with Gasteiger partial charge in [0.25, 0.3) is 0 Å². The standard InChI is InChI=1S/C24H24N10O12P2/c35-15-17-11(43-23(15)33-9-27-13-19-25-1-3-31(19)7-29-21(13)33)5-41-48(39,40)46-18-12(6-42-47(37,38)45-17)44-24(16(18)36)34-10-28-14-20-26-2-4-32(20)8-30-22(14)34/h1-4,7-12,15-18,23-24,35-36H,5-6H2,(H,37,38)(H,39,40)/t11-,12-,15-,16-,17-,18-,23-,24-/m1/s1. The van der Waals surface area contributed by atoms with Crippen molar-refractivity contribution in [2.24, 2.45) is 0 Å². The van der Waals surface area contributed by atoms with E-state index in [1.807, 2.05) is 0 Å². The van der Waals surface area contributed by atoms with Gasteiger partial charge in [0, 0.05) is 24.8 Å². The molecule has 24 heteroatoms. The highest BCUT2D eigenvalue weighted by Gasteiger charge is 2.54. The van der Waals surface area contributed by atoms with Crippen LogP contribution in [-0.4, -0.2) is 118 Å². The lowest BCUT2D eigenvalue weighted by Gasteiger charge is -2.27. The molecule has 10 atom stereocenters. The van der Waals surface area contributed by atoms with Gasteiger partial charge in [0.05, 0.1) is 25.9 Å². The van der Waals surface area contributed by atoms with Crippen LogP contribution in [0.5, 0.6) is 0 Å². The van der Waals surface area contributed by atoms with Crippen molar-refractivity contribution in [2.75, 3.05) is 13.2 Å². The minimum Gasteiger partial charge on any atom is -0.386 e. The SMILES string of the molecule is O=P1(O)OC[C@H]2O[C@@H](n3cnc4c3ncn3ccnc43)[C@H](O)[C@@H]2OP(=O)(O)OC[C@H]2O[C@@H](n3cnc4c3ncn3ccnc43)[C@H](O)[C@@H]2O1. The lowest BCUT2D eigenvalue weighted by atomic mass is 10.1. The van der Waals surface area contributed by atoms with E-state index in [-0.39, 0.29) is 11.3 Å². The first kappa shape index (κ1) is 30.3. The topological polar surface area (TPSA) is 266 Å². The first-order valence-corrected chi connectivity index (χ1v) is 17.3. The maximum absolute atomic E-state index is 13.2. The van der Waals surface area contributed by atoms with Crippen LogP contribution in [0.2, 0.25) is 0 Å². The van der Waals surface area contributed by atoms with E-state index in [0.29, 0.717) is 22.3 Å². The van der Waals surface area contributed by atoms with Crippen LogP contribution in [0.3, 0.4) is 0 Å². The van der Waals surface area contributed by atoms with Crippen LogP contribution in [0.4, 0.5) is 0 Å². The Hall–Kier alpha value is -3.76. The third-order valence-electron chi connectivity index (χ3n) is 8.39. The highest BCUT2D eigenvalue weighted by Crippen LogP contribution is 2.53. The van der Waals surface area contributed by atoms with Gasteiger partial charge < -0.3 is 29.5 Å². The molecule has 22 nitrogen and oxygen atoms in total. The minimum absolute atomic E-state index is 0.263. The maximum Gasteiger partial charge on any atom is 0.472 e. The van der Waals surface area contributed by atoms with Crippen molar-refractivity contribution in [3.8, 4) is 0 Å². The minimum atomic E-state index is -5.00. The van der Waals surface area contributed by atoms with Crippen LogP contribution in [0.1, 0.15) is 12.5 Å². The van der Waals surface area contributed by atoms with E-state index in [9.17, 15) is 29.1 Å². The molecular formula is C24H24N10O12P2. The molecule has 0 aliphatic carbocycles. The summed E-state index contributed by atoms with van der Waals surface area (Å²) in [5.74, 6) is 0. The molecule has 6 aromatic rings. The quantitative estimate of drug-likeness (QED) is 0.168. The van der Waals surface area contributed by atoms with Gasteiger partial charge in [-0.3, -0.25) is 36.0 Å². The number of imidazole rings is 4. The van der Waals surface area contributed by atoms with Gasteiger partial charge in [0.2, 0.25) is 0 Å². The molecule has 6 aromatic heterocycles. The third-order valence-corrected chi connectivity index (χ3v) is 10.4. The molecule has 9 rings (SSSR count). The zero-order chi connectivity index (χ0) is 32.9. The number of hydrogen-bond donors (Lipinski definition) is 4. The summed E-state index contributed by atoms with van der Waals surface area (Å²) in [7, 11) is -10.0. The molecule has 9 heterocycles. The first-order chi connectivity index (χ1) is 23.1. The van der Waals surface area contributed by atoms with Crippen molar-refractivity contribution in [1.29, 1.82) is 0 Å². The summed E-state index contributed by atoms with van der Waals surface area (Å²) < 4.78 is 65.5. The summed E-state index contributed by atoms with van der Waals surface area (Å²) >= 11 is 0. The zero-order valence-corrected chi connectivity index (χ0v) is 25.9. The predicted molar refractivity (Wildman–Crippen MR) is 154 cm³/mol. The van der Waals surface area contributed by atoms with Gasteiger partial charge in [0.1, 0.15) is 49.3 Å². The Morgan fingerprint density at radius 2 is 1.06 bits per heavy atom. The number of hydrogen-bond acceptors (Lipinski definition) is 16. The second-order valence-electron chi connectivity index (χ2n) is 11.2. The first-order valence-electron chi connectivity index (χ1n) is 14.3. The van der Waals surface area contributed by atoms with E-state index in [0.717, 1.165) is 0 Å². The molecule has 0 amide bonds. The number of fused-ring (bicyclic) bond motifs is 8. The van der Waals surface area contributed by atoms with Crippen LogP contribution in [0.15, 0.2) is 50.1 Å². The van der Waals surface area contributed by atoms with Crippen molar-refractivity contribution in [1.82, 2.24) is 47.8 Å². The van der Waals surface area contributed by atoms with E-state index < -0.39 is 77.9 Å². The molecule has 0 spiro atoms. The van der Waals surface area contributed by atoms with Crippen molar-refractivity contribution >= 4 is 49.3 Å². The Labute approximate surface area is 266 Å². The van der Waals surface area contributed by atoms with Crippen LogP contribution in [0, 0.1) is 0 Å². The monoisotopic (exact) mass is 706 g/mol. The summed E-state index contributed by atoms with van der Waals surface area (Å²) in [6, 6.07) is 0. The van der Waals surface area contributed by atoms with E-state index in [1.54, 1.807) is 33.6 Å². The maximum atomic E-state index is 13.2. The van der Waals surface area contributed by atoms with Crippen LogP contribution in [-0.2, 0) is 36.7 Å². The lowest BCUT2D eigenvalue weighted by Crippen LogP contribution is -2.39. The Morgan fingerprint density at radius 3 is 1.50 bits per heavy atom. The number of rotatable bonds is 2. The Kier molecular flexibility index (Phi) is 6.86. The van der Waals surface area contributed by atoms with Gasteiger partial charge >= 0.3 is 15.6 Å². The van der Waals surface area contributed by atoms with Gasteiger partial charge in [0.15, 0.2) is 46.1 Å². The van der Waals surface area contributed by atoms with Gasteiger partial charge in [-0.05, 0) is 0 Å². The van der Waals surface area contributed by atoms with Gasteiger partial charge in [-0.2, -0.15) is 0 Å². The largest absolute Gasteiger partial charge is 0.472 e. The third kappa shape index (κ3) is 4.81. The average Bonchev–Trinajstić information content (AvgIpc) is 3.89. The smallest absolute Gasteiger partial charge is 0.386 e. The number of aliphatic hydroxyl groups is 2. The number of phosphoric ester groups is 2. The van der Waals surface area contributed by atoms with Gasteiger partial charge in [-0.15, -0.1) is 0 Å². The molecule has 0 aromatic carbocycles. The summed E-state index contributed by atoms with van der Waals surface area (Å²) in [5.41, 5.74) is 2.24. The predicted octanol–water partition coefficient (Wildman–Crippen LogP) is -0.294. The summed E-state index contributed by atoms with van der Waals surface area (Å²) in [4.78, 5) is 47.3. The fraction of sp³-hybridized carbons (Fsp3) is 0.417. The van der Waals surface area contributed by atoms with Crippen molar-refractivity contribution in [3.63, 3.8) is 0 Å². The van der Waals surface area contributed by atoms with Crippen molar-refractivity contribution in [2.45, 2.75) is 49.1 Å². The second-order valence-corrected chi connectivity index (χ2v) is 14.0. The van der Waals surface area contributed by atoms with Crippen molar-refractivity contribution in [3.05, 3.63) is 50.1 Å². The van der Waals surface area contributed by atoms with Gasteiger partial charge in [-0.25, -0.2) is 39.0 Å². The molecule has 3 saturated heterocycles. The fourth-order valence-electron chi connectivity index (χ4n) is 6.20. The molecule has 3 aliphatic rings. The molecule has 0 radical (unpaired) electrons. The highest BCUT2D eigenvalue weighted by molar-refractivity contribution is 7.47. The lowest BCUT2D eigenvalue weighted by molar-refractivity contribution is -0.0664. The Bertz CT molecular complexity index is 2130. The Balaban J connectivity index is 1.00. The van der Waals surface area contributed by atoms with E-state index in [1.165, 1.54) is 34.4 Å². The molecule has 0 bridgehead atoms. The molecule has 4 N–H and O–H groups in total. The number of aromatic nitrogens is 10. The summed E-state index contributed by atoms with van der Waals surface area (Å²) in [6.45, 7) is -1.52. The van der Waals surface area contributed by atoms with E-state index in [2.05, 4.69) is 29.9 Å². The summed E-state index contributed by atoms with van der Waals surface area (Å²) in [5, 5.41) is 22.6. The second kappa shape index (κ2) is 10.9. The van der Waals surface area contributed by atoms with E-state index in [4.69, 9.17) is 27.6 Å². The molecule has 0 saturated carbocycles. The number of phosphoric acid groups is 2. The molecule has 48 heavy (non-hydrogen) atoms. The molecule has 2 unspecified atom stereocenters. The number of aliphatic hydroxyl groups excluding tert-OH is 2. The van der Waals surface area contributed by atoms with E-state index >= 15 is 0 Å². The van der Waals surface area contributed by atoms with Crippen molar-refractivity contribution < 1.29 is 56.7 Å². The number of ether oxygens (including phenoxy) is 2. The molecule has 252 valence electrons. The zero-order valence-electron chi connectivity index (χ0n) is 24.1. The molecular weight excluding hydrogens is 682 g/mol. The highest BCUT2D eigenvalue weighted by atomic mass is 31.2. The van der Waals surface area contributed by atoms with Crippen LogP contribution in [0.25, 0.3) is 33.6 Å².